The molecule has 0 saturated carbocycles. The van der Waals surface area contributed by atoms with E-state index in [2.05, 4.69) is 20.4 Å². The first kappa shape index (κ1) is 14.0. The predicted octanol–water partition coefficient (Wildman–Crippen LogP) is 1.47. The molecule has 3 rings (SSSR count). The molecule has 0 aliphatic rings. The van der Waals surface area contributed by atoms with Crippen LogP contribution in [0.15, 0.2) is 35.6 Å². The first-order valence-electron chi connectivity index (χ1n) is 6.09. The van der Waals surface area contributed by atoms with E-state index in [-0.39, 0.29) is 17.1 Å². The van der Waals surface area contributed by atoms with Crippen LogP contribution in [-0.2, 0) is 6.18 Å². The Bertz CT molecular complexity index is 862. The minimum absolute atomic E-state index is 0.0210. The standard InChI is InChI=1S/C12H9F3N6O/c1-7-5-16-10(4-8(7)12(13,14)15)21-11(22)9(6-18-21)20-3-2-17-19-20/h2-6,18H,1H3. The largest absolute Gasteiger partial charge is 0.416 e. The normalized spacial score (nSPS) is 11.8. The Balaban J connectivity index is 2.12. The van der Waals surface area contributed by atoms with Gasteiger partial charge in [-0.3, -0.25) is 9.89 Å². The Morgan fingerprint density at radius 2 is 2.09 bits per heavy atom. The highest BCUT2D eigenvalue weighted by Gasteiger charge is 2.33. The molecule has 1 N–H and O–H groups in total. The molecule has 0 saturated heterocycles. The van der Waals surface area contributed by atoms with Gasteiger partial charge in [-0.2, -0.15) is 17.9 Å². The summed E-state index contributed by atoms with van der Waals surface area (Å²) >= 11 is 0. The highest BCUT2D eigenvalue weighted by atomic mass is 19.4. The number of hydrogen-bond acceptors (Lipinski definition) is 4. The van der Waals surface area contributed by atoms with Gasteiger partial charge in [-0.15, -0.1) is 5.10 Å². The summed E-state index contributed by atoms with van der Waals surface area (Å²) in [6.07, 6.45) is 0.681. The molecule has 0 aliphatic heterocycles. The van der Waals surface area contributed by atoms with Gasteiger partial charge in [0.05, 0.1) is 24.2 Å². The number of alkyl halides is 3. The van der Waals surface area contributed by atoms with Crippen molar-refractivity contribution < 1.29 is 13.2 Å². The number of rotatable bonds is 2. The summed E-state index contributed by atoms with van der Waals surface area (Å²) in [5.41, 5.74) is -1.34. The number of H-pyrrole nitrogens is 1. The summed E-state index contributed by atoms with van der Waals surface area (Å²) in [4.78, 5) is 16.1. The average Bonchev–Trinajstić information content (AvgIpc) is 3.07. The number of halogens is 3. The van der Waals surface area contributed by atoms with Gasteiger partial charge in [0.1, 0.15) is 0 Å². The molecule has 0 radical (unpaired) electrons. The van der Waals surface area contributed by atoms with E-state index in [1.807, 2.05) is 0 Å². The fraction of sp³-hybridized carbons (Fsp3) is 0.167. The maximum absolute atomic E-state index is 12.9. The van der Waals surface area contributed by atoms with Crippen LogP contribution in [0.25, 0.3) is 11.5 Å². The van der Waals surface area contributed by atoms with E-state index in [1.54, 1.807) is 0 Å². The van der Waals surface area contributed by atoms with Crippen LogP contribution in [0, 0.1) is 6.92 Å². The fourth-order valence-electron chi connectivity index (χ4n) is 1.97. The zero-order valence-corrected chi connectivity index (χ0v) is 11.2. The molecule has 0 unspecified atom stereocenters. The van der Waals surface area contributed by atoms with Gasteiger partial charge in [-0.1, -0.05) is 5.21 Å². The van der Waals surface area contributed by atoms with Crippen LogP contribution >= 0.6 is 0 Å². The van der Waals surface area contributed by atoms with Crippen molar-refractivity contribution in [2.75, 3.05) is 0 Å². The molecule has 0 spiro atoms. The zero-order chi connectivity index (χ0) is 15.9. The van der Waals surface area contributed by atoms with Gasteiger partial charge < -0.3 is 0 Å². The molecule has 3 heterocycles. The van der Waals surface area contributed by atoms with Crippen molar-refractivity contribution in [2.45, 2.75) is 13.1 Å². The molecule has 0 bridgehead atoms. The van der Waals surface area contributed by atoms with Crippen LogP contribution in [0.5, 0.6) is 0 Å². The molecule has 22 heavy (non-hydrogen) atoms. The van der Waals surface area contributed by atoms with Gasteiger partial charge in [0.25, 0.3) is 5.56 Å². The molecule has 114 valence electrons. The summed E-state index contributed by atoms with van der Waals surface area (Å²) in [6, 6.07) is 0.818. The third-order valence-electron chi connectivity index (χ3n) is 3.05. The molecule has 3 aromatic heterocycles. The van der Waals surface area contributed by atoms with Gasteiger partial charge in [-0.05, 0) is 18.6 Å². The zero-order valence-electron chi connectivity index (χ0n) is 11.2. The smallest absolute Gasteiger partial charge is 0.295 e. The van der Waals surface area contributed by atoms with Crippen molar-refractivity contribution in [1.29, 1.82) is 0 Å². The van der Waals surface area contributed by atoms with Crippen molar-refractivity contribution in [1.82, 2.24) is 29.8 Å². The van der Waals surface area contributed by atoms with Gasteiger partial charge in [0, 0.05) is 6.20 Å². The lowest BCUT2D eigenvalue weighted by Crippen LogP contribution is -2.20. The topological polar surface area (TPSA) is 81.4 Å². The van der Waals surface area contributed by atoms with Gasteiger partial charge in [0.2, 0.25) is 0 Å². The second-order valence-corrected chi connectivity index (χ2v) is 4.50. The lowest BCUT2D eigenvalue weighted by Gasteiger charge is -2.11. The number of nitrogens with one attached hydrogen (secondary N) is 1. The van der Waals surface area contributed by atoms with Crippen LogP contribution in [-0.4, -0.2) is 29.8 Å². The van der Waals surface area contributed by atoms with E-state index in [9.17, 15) is 18.0 Å². The van der Waals surface area contributed by atoms with Crippen LogP contribution in [0.4, 0.5) is 13.2 Å². The van der Waals surface area contributed by atoms with Crippen molar-refractivity contribution in [3.8, 4) is 11.5 Å². The number of aryl methyl sites for hydroxylation is 1. The molecule has 7 nitrogen and oxygen atoms in total. The maximum Gasteiger partial charge on any atom is 0.416 e. The van der Waals surface area contributed by atoms with Crippen LogP contribution in [0.2, 0.25) is 0 Å². The molecule has 0 aromatic carbocycles. The van der Waals surface area contributed by atoms with Gasteiger partial charge in [0.15, 0.2) is 11.5 Å². The predicted molar refractivity (Wildman–Crippen MR) is 68.8 cm³/mol. The van der Waals surface area contributed by atoms with Crippen molar-refractivity contribution >= 4 is 0 Å². The average molecular weight is 310 g/mol. The minimum atomic E-state index is -4.52. The quantitative estimate of drug-likeness (QED) is 0.777. The number of aromatic nitrogens is 6. The summed E-state index contributed by atoms with van der Waals surface area (Å²) < 4.78 is 40.9. The summed E-state index contributed by atoms with van der Waals surface area (Å²) in [5.74, 6) is -0.158. The molecule has 0 atom stereocenters. The van der Waals surface area contributed by atoms with Crippen molar-refractivity contribution in [3.05, 3.63) is 52.3 Å². The number of pyridine rings is 1. The molecule has 0 amide bonds. The van der Waals surface area contributed by atoms with Crippen molar-refractivity contribution in [3.63, 3.8) is 0 Å². The van der Waals surface area contributed by atoms with E-state index >= 15 is 0 Å². The Labute approximate surface area is 121 Å². The fourth-order valence-corrected chi connectivity index (χ4v) is 1.97. The van der Waals surface area contributed by atoms with Crippen molar-refractivity contribution in [2.24, 2.45) is 0 Å². The maximum atomic E-state index is 12.9. The lowest BCUT2D eigenvalue weighted by atomic mass is 10.1. The van der Waals surface area contributed by atoms with E-state index in [0.717, 1.165) is 16.9 Å². The van der Waals surface area contributed by atoms with Gasteiger partial charge in [-0.25, -0.2) is 9.67 Å². The first-order valence-corrected chi connectivity index (χ1v) is 6.09. The lowest BCUT2D eigenvalue weighted by molar-refractivity contribution is -0.138. The highest BCUT2D eigenvalue weighted by Crippen LogP contribution is 2.32. The van der Waals surface area contributed by atoms with Gasteiger partial charge >= 0.3 is 6.18 Å². The highest BCUT2D eigenvalue weighted by molar-refractivity contribution is 5.36. The first-order chi connectivity index (χ1) is 10.4. The summed E-state index contributed by atoms with van der Waals surface area (Å²) in [6.45, 7) is 1.30. The molecule has 0 aliphatic carbocycles. The minimum Gasteiger partial charge on any atom is -0.295 e. The van der Waals surface area contributed by atoms with Crippen LogP contribution in [0.3, 0.4) is 0 Å². The Hall–Kier alpha value is -2.91. The Kier molecular flexibility index (Phi) is 3.08. The Morgan fingerprint density at radius 3 is 2.73 bits per heavy atom. The summed E-state index contributed by atoms with van der Waals surface area (Å²) in [7, 11) is 0. The van der Waals surface area contributed by atoms with E-state index in [1.165, 1.54) is 30.2 Å². The Morgan fingerprint density at radius 1 is 1.32 bits per heavy atom. The van der Waals surface area contributed by atoms with Crippen LogP contribution in [0.1, 0.15) is 11.1 Å². The number of nitrogens with zero attached hydrogens (tertiary/aromatic N) is 5. The monoisotopic (exact) mass is 310 g/mol. The molecular weight excluding hydrogens is 301 g/mol. The third kappa shape index (κ3) is 2.28. The van der Waals surface area contributed by atoms with E-state index in [0.29, 0.717) is 0 Å². The second-order valence-electron chi connectivity index (χ2n) is 4.50. The third-order valence-corrected chi connectivity index (χ3v) is 3.05. The van der Waals surface area contributed by atoms with Crippen LogP contribution < -0.4 is 5.56 Å². The SMILES string of the molecule is Cc1cnc(-n2[nH]cc(-n3ccnn3)c2=O)cc1C(F)(F)F. The number of hydrogen-bond donors (Lipinski definition) is 1. The second kappa shape index (κ2) is 4.83. The molecule has 3 aromatic rings. The molecule has 0 fully saturated rings. The van der Waals surface area contributed by atoms with E-state index < -0.39 is 17.3 Å². The van der Waals surface area contributed by atoms with E-state index in [4.69, 9.17) is 0 Å². The summed E-state index contributed by atoms with van der Waals surface area (Å²) in [5, 5.41) is 9.79. The molecule has 10 heteroatoms. The number of aromatic amines is 1. The molecular formula is C12H9F3N6O.